The zero-order valence-corrected chi connectivity index (χ0v) is 38.2. The molecule has 0 amide bonds. The largest absolute Gasteiger partial charge is 0.456 e. The predicted octanol–water partition coefficient (Wildman–Crippen LogP) is 19.0. The summed E-state index contributed by atoms with van der Waals surface area (Å²) in [7, 11) is 0. The highest BCUT2D eigenvalue weighted by Crippen LogP contribution is 2.49. The van der Waals surface area contributed by atoms with Gasteiger partial charge in [0.05, 0.1) is 27.8 Å². The molecule has 0 N–H and O–H groups in total. The quantitative estimate of drug-likeness (QED) is 0.160. The van der Waals surface area contributed by atoms with Crippen LogP contribution in [0.4, 0.5) is 17.1 Å². The smallest absolute Gasteiger partial charge is 0.145 e. The molecule has 4 aromatic heterocycles. The second-order valence-corrected chi connectivity index (χ2v) is 18.3. The van der Waals surface area contributed by atoms with Crippen molar-refractivity contribution in [2.75, 3.05) is 4.90 Å². The number of hydrogen-bond donors (Lipinski definition) is 0. The van der Waals surface area contributed by atoms with E-state index in [4.69, 9.17) is 13.3 Å². The first-order chi connectivity index (χ1) is 35.2. The molecule has 0 unspecified atom stereocenters. The number of aromatic nitrogens is 1. The third-order valence-electron chi connectivity index (χ3n) is 14.4. The van der Waals surface area contributed by atoms with Gasteiger partial charge in [-0.1, -0.05) is 164 Å². The number of hydrogen-bond acceptors (Lipinski definition) is 4. The molecule has 0 saturated heterocycles. The van der Waals surface area contributed by atoms with E-state index in [1.165, 1.54) is 10.8 Å². The number of furan rings is 3. The first-order valence-corrected chi connectivity index (χ1v) is 24.1. The van der Waals surface area contributed by atoms with Crippen LogP contribution < -0.4 is 4.90 Å². The molecule has 0 aliphatic carbocycles. The maximum absolute atomic E-state index is 7.08. The lowest BCUT2D eigenvalue weighted by Crippen LogP contribution is -2.10. The number of nitrogens with zero attached hydrogens (tertiary/aromatic N) is 2. The predicted molar refractivity (Wildman–Crippen MR) is 294 cm³/mol. The van der Waals surface area contributed by atoms with Gasteiger partial charge in [0.15, 0.2) is 0 Å². The summed E-state index contributed by atoms with van der Waals surface area (Å²) in [6, 6.07) is 86.1. The van der Waals surface area contributed by atoms with E-state index in [9.17, 15) is 0 Å². The van der Waals surface area contributed by atoms with Gasteiger partial charge in [-0.3, -0.25) is 0 Å². The number of benzene rings is 11. The fourth-order valence-electron chi connectivity index (χ4n) is 11.3. The van der Waals surface area contributed by atoms with E-state index in [2.05, 4.69) is 228 Å². The monoisotopic (exact) mass is 908 g/mol. The summed E-state index contributed by atoms with van der Waals surface area (Å²) in [5.41, 5.74) is 18.1. The second-order valence-electron chi connectivity index (χ2n) is 18.3. The summed E-state index contributed by atoms with van der Waals surface area (Å²) in [5.74, 6) is 0. The number of anilines is 3. The van der Waals surface area contributed by atoms with Crippen LogP contribution in [-0.2, 0) is 0 Å². The van der Waals surface area contributed by atoms with Crippen LogP contribution in [0.15, 0.2) is 256 Å². The molecule has 0 bridgehead atoms. The van der Waals surface area contributed by atoms with Crippen LogP contribution in [0.3, 0.4) is 0 Å². The SMILES string of the molecule is c1ccc(-n2c3ccccc3c3ccccc32)c(-c2ccc(N(c3ccc(-c4cccc5c4oc4ccccc45)cc3)c3ccc(-c4cccc5oc6ccccc6c45)cc3)c3c2oc2ccccc23)c1. The van der Waals surface area contributed by atoms with Gasteiger partial charge in [0.25, 0.3) is 0 Å². The normalized spacial score (nSPS) is 11.9. The van der Waals surface area contributed by atoms with Crippen molar-refractivity contribution < 1.29 is 13.3 Å². The van der Waals surface area contributed by atoms with E-state index in [1.54, 1.807) is 0 Å². The molecule has 5 heteroatoms. The average Bonchev–Trinajstić information content (AvgIpc) is 4.21. The van der Waals surface area contributed by atoms with Crippen molar-refractivity contribution in [3.63, 3.8) is 0 Å². The highest BCUT2D eigenvalue weighted by atomic mass is 16.3. The minimum absolute atomic E-state index is 0.824. The van der Waals surface area contributed by atoms with Crippen molar-refractivity contribution in [2.45, 2.75) is 0 Å². The van der Waals surface area contributed by atoms with Gasteiger partial charge in [-0.2, -0.15) is 0 Å². The molecule has 71 heavy (non-hydrogen) atoms. The first kappa shape index (κ1) is 39.4. The lowest BCUT2D eigenvalue weighted by molar-refractivity contribution is 0.669. The maximum Gasteiger partial charge on any atom is 0.145 e. The van der Waals surface area contributed by atoms with E-state index >= 15 is 0 Å². The summed E-state index contributed by atoms with van der Waals surface area (Å²) in [4.78, 5) is 2.37. The summed E-state index contributed by atoms with van der Waals surface area (Å²) >= 11 is 0. The van der Waals surface area contributed by atoms with Crippen LogP contribution in [0.2, 0.25) is 0 Å². The van der Waals surface area contributed by atoms with Gasteiger partial charge < -0.3 is 22.7 Å². The minimum Gasteiger partial charge on any atom is -0.456 e. The fraction of sp³-hybridized carbons (Fsp3) is 0. The zero-order valence-electron chi connectivity index (χ0n) is 38.2. The Bertz CT molecular complexity index is 4530. The van der Waals surface area contributed by atoms with Gasteiger partial charge in [-0.05, 0) is 95.6 Å². The molecule has 5 nitrogen and oxygen atoms in total. The Hall–Kier alpha value is -9.58. The molecule has 15 rings (SSSR count). The summed E-state index contributed by atoms with van der Waals surface area (Å²) in [6.07, 6.45) is 0. The lowest BCUT2D eigenvalue weighted by Gasteiger charge is -2.27. The van der Waals surface area contributed by atoms with E-state index in [0.717, 1.165) is 133 Å². The molecule has 15 aromatic rings. The van der Waals surface area contributed by atoms with Gasteiger partial charge in [0.1, 0.15) is 33.5 Å². The van der Waals surface area contributed by atoms with Crippen molar-refractivity contribution in [3.05, 3.63) is 243 Å². The van der Waals surface area contributed by atoms with E-state index in [-0.39, 0.29) is 0 Å². The highest BCUT2D eigenvalue weighted by molar-refractivity contribution is 6.19. The maximum atomic E-state index is 7.08. The third kappa shape index (κ3) is 6.00. The van der Waals surface area contributed by atoms with Crippen molar-refractivity contribution in [1.29, 1.82) is 0 Å². The summed E-state index contributed by atoms with van der Waals surface area (Å²) in [6.45, 7) is 0. The Kier molecular flexibility index (Phi) is 8.59. The topological polar surface area (TPSA) is 47.6 Å². The molecule has 0 saturated carbocycles. The first-order valence-electron chi connectivity index (χ1n) is 24.1. The van der Waals surface area contributed by atoms with Crippen molar-refractivity contribution >= 4 is 105 Å². The molecular formula is C66H40N2O3. The molecule has 11 aromatic carbocycles. The van der Waals surface area contributed by atoms with Crippen molar-refractivity contribution in [3.8, 4) is 39.1 Å². The van der Waals surface area contributed by atoms with Crippen LogP contribution >= 0.6 is 0 Å². The molecule has 0 fully saturated rings. The average molecular weight is 909 g/mol. The van der Waals surface area contributed by atoms with Crippen LogP contribution in [0.1, 0.15) is 0 Å². The molecule has 0 aliphatic rings. The Morgan fingerprint density at radius 3 is 1.46 bits per heavy atom. The molecule has 332 valence electrons. The van der Waals surface area contributed by atoms with Gasteiger partial charge in [0, 0.05) is 65.8 Å². The van der Waals surface area contributed by atoms with Gasteiger partial charge >= 0.3 is 0 Å². The molecule has 0 radical (unpaired) electrons. The number of fused-ring (bicyclic) bond motifs is 12. The number of rotatable bonds is 7. The molecule has 0 aliphatic heterocycles. The van der Waals surface area contributed by atoms with Crippen molar-refractivity contribution in [2.24, 2.45) is 0 Å². The summed E-state index contributed by atoms with van der Waals surface area (Å²) in [5, 5.41) is 8.97. The van der Waals surface area contributed by atoms with Crippen LogP contribution in [-0.4, -0.2) is 4.57 Å². The highest BCUT2D eigenvalue weighted by Gasteiger charge is 2.25. The summed E-state index contributed by atoms with van der Waals surface area (Å²) < 4.78 is 22.3. The van der Waals surface area contributed by atoms with Gasteiger partial charge in [0.2, 0.25) is 0 Å². The van der Waals surface area contributed by atoms with Gasteiger partial charge in [-0.25, -0.2) is 0 Å². The van der Waals surface area contributed by atoms with Crippen LogP contribution in [0.5, 0.6) is 0 Å². The molecule has 0 spiro atoms. The van der Waals surface area contributed by atoms with E-state index in [0.29, 0.717) is 0 Å². The number of para-hydroxylation sites is 7. The van der Waals surface area contributed by atoms with Crippen molar-refractivity contribution in [1.82, 2.24) is 4.57 Å². The molecule has 4 heterocycles. The fourth-order valence-corrected chi connectivity index (χ4v) is 11.3. The second kappa shape index (κ2) is 15.5. The third-order valence-corrected chi connectivity index (χ3v) is 14.4. The standard InChI is InChI=1S/C66H40N2O3/c1-7-24-55-47(15-1)48-16-2-8-25-56(48)68(55)57-26-9-3-17-49(57)52-39-40-58(64-54-20-6-12-29-61(54)71-66(52)64)67(43-35-31-41(32-36-43)45-21-14-30-62-63(45)53-19-5-11-28-60(53)69-62)44-37-33-42(34-38-44)46-22-13-23-51-50-18-4-10-27-59(50)70-65(46)51/h1-40H. The molecule has 0 atom stereocenters. The minimum atomic E-state index is 0.824. The Balaban J connectivity index is 0.938. The lowest BCUT2D eigenvalue weighted by atomic mass is 9.97. The van der Waals surface area contributed by atoms with E-state index < -0.39 is 0 Å². The Morgan fingerprint density at radius 2 is 0.761 bits per heavy atom. The van der Waals surface area contributed by atoms with Crippen LogP contribution in [0.25, 0.3) is 127 Å². The Labute approximate surface area is 407 Å². The Morgan fingerprint density at radius 1 is 0.282 bits per heavy atom. The molecular weight excluding hydrogens is 869 g/mol. The van der Waals surface area contributed by atoms with E-state index in [1.807, 2.05) is 24.3 Å². The van der Waals surface area contributed by atoms with Gasteiger partial charge in [-0.15, -0.1) is 0 Å². The van der Waals surface area contributed by atoms with Crippen LogP contribution in [0, 0.1) is 0 Å². The zero-order chi connectivity index (χ0) is 46.6.